The molecule has 1 saturated heterocycles. The summed E-state index contributed by atoms with van der Waals surface area (Å²) < 4.78 is 11.2. The summed E-state index contributed by atoms with van der Waals surface area (Å²) >= 11 is 1.21. The van der Waals surface area contributed by atoms with Gasteiger partial charge >= 0.3 is 5.91 Å². The monoisotopic (exact) mass is 463 g/mol. The molecule has 0 unspecified atom stereocenters. The second kappa shape index (κ2) is 8.32. The molecule has 3 heterocycles. The number of anilines is 1. The van der Waals surface area contributed by atoms with Crippen molar-refractivity contribution in [2.75, 3.05) is 18.1 Å². The first kappa shape index (κ1) is 21.1. The van der Waals surface area contributed by atoms with Crippen LogP contribution in [0.4, 0.5) is 5.13 Å². The number of carbonyl (C=O) groups is 2. The normalized spacial score (nSPS) is 19.2. The van der Waals surface area contributed by atoms with Crippen molar-refractivity contribution in [3.05, 3.63) is 69.7 Å². The number of aromatic nitrogens is 2. The summed E-state index contributed by atoms with van der Waals surface area (Å²) in [4.78, 5) is 27.6. The predicted molar refractivity (Wildman–Crippen MR) is 123 cm³/mol. The molecule has 1 N–H and O–H groups in total. The highest BCUT2D eigenvalue weighted by molar-refractivity contribution is 7.15. The fourth-order valence-electron chi connectivity index (χ4n) is 4.01. The number of hydrogen-bond acceptors (Lipinski definition) is 8. The van der Waals surface area contributed by atoms with E-state index in [-0.39, 0.29) is 11.3 Å². The minimum atomic E-state index is -0.837. The first-order chi connectivity index (χ1) is 16.0. The standard InChI is InChI=1S/C24H21N3O5S/c1-3-14-4-6-15(7-5-14)20-19(22(29)23(30)27(20)24-26-25-13(2)33-24)21(28)16-8-9-17-18(12-16)32-11-10-31-17/h4-9,12,20,28H,3,10-11H2,1-2H3/b21-19+/t20-/m0/s1. The van der Waals surface area contributed by atoms with E-state index < -0.39 is 17.7 Å². The topological polar surface area (TPSA) is 102 Å². The number of aliphatic hydroxyl groups excluding tert-OH is 1. The summed E-state index contributed by atoms with van der Waals surface area (Å²) in [6.07, 6.45) is 0.854. The smallest absolute Gasteiger partial charge is 0.301 e. The van der Waals surface area contributed by atoms with Crippen LogP contribution in [0, 0.1) is 6.92 Å². The first-order valence-corrected chi connectivity index (χ1v) is 11.4. The van der Waals surface area contributed by atoms with Gasteiger partial charge in [-0.25, -0.2) is 0 Å². The van der Waals surface area contributed by atoms with Crippen LogP contribution in [0.25, 0.3) is 5.76 Å². The molecule has 0 saturated carbocycles. The van der Waals surface area contributed by atoms with Gasteiger partial charge in [0.1, 0.15) is 24.0 Å². The minimum absolute atomic E-state index is 0.00576. The highest BCUT2D eigenvalue weighted by Crippen LogP contribution is 2.43. The number of aliphatic hydroxyl groups is 1. The van der Waals surface area contributed by atoms with E-state index in [2.05, 4.69) is 10.2 Å². The van der Waals surface area contributed by atoms with E-state index in [4.69, 9.17) is 9.47 Å². The van der Waals surface area contributed by atoms with Crippen LogP contribution in [0.2, 0.25) is 0 Å². The number of aryl methyl sites for hydroxylation is 2. The van der Waals surface area contributed by atoms with E-state index in [1.807, 2.05) is 31.2 Å². The van der Waals surface area contributed by atoms with Gasteiger partial charge in [0.25, 0.3) is 5.78 Å². The molecule has 0 bridgehead atoms. The van der Waals surface area contributed by atoms with Crippen molar-refractivity contribution in [1.29, 1.82) is 0 Å². The zero-order valence-corrected chi connectivity index (χ0v) is 18.9. The SMILES string of the molecule is CCc1ccc([C@H]2/C(=C(\O)c3ccc4c(c3)OCCO4)C(=O)C(=O)N2c2nnc(C)s2)cc1. The third-order valence-corrected chi connectivity index (χ3v) is 6.52. The summed E-state index contributed by atoms with van der Waals surface area (Å²) in [5.41, 5.74) is 2.17. The lowest BCUT2D eigenvalue weighted by molar-refractivity contribution is -0.132. The third kappa shape index (κ3) is 3.64. The van der Waals surface area contributed by atoms with Gasteiger partial charge in [-0.3, -0.25) is 14.5 Å². The van der Waals surface area contributed by atoms with Gasteiger partial charge in [-0.1, -0.05) is 42.5 Å². The lowest BCUT2D eigenvalue weighted by Gasteiger charge is -2.23. The van der Waals surface area contributed by atoms with Crippen LogP contribution in [0.5, 0.6) is 11.5 Å². The molecule has 1 fully saturated rings. The van der Waals surface area contributed by atoms with Gasteiger partial charge in [0.15, 0.2) is 11.5 Å². The molecule has 0 aliphatic carbocycles. The Morgan fingerprint density at radius 2 is 1.82 bits per heavy atom. The van der Waals surface area contributed by atoms with Gasteiger partial charge in [-0.05, 0) is 42.7 Å². The van der Waals surface area contributed by atoms with E-state index in [0.717, 1.165) is 12.0 Å². The number of Topliss-reactive ketones (excluding diaryl/α,β-unsaturated/α-hetero) is 1. The number of amides is 1. The molecule has 1 atom stereocenters. The van der Waals surface area contributed by atoms with Crippen LogP contribution in [0.1, 0.15) is 34.7 Å². The fraction of sp³-hybridized carbons (Fsp3) is 0.250. The summed E-state index contributed by atoms with van der Waals surface area (Å²) in [5, 5.41) is 20.3. The Morgan fingerprint density at radius 1 is 1.09 bits per heavy atom. The van der Waals surface area contributed by atoms with Gasteiger partial charge < -0.3 is 14.6 Å². The van der Waals surface area contributed by atoms with Crippen molar-refractivity contribution in [3.63, 3.8) is 0 Å². The number of fused-ring (bicyclic) bond motifs is 1. The maximum Gasteiger partial charge on any atom is 0.301 e. The highest BCUT2D eigenvalue weighted by Gasteiger charge is 2.48. The lowest BCUT2D eigenvalue weighted by atomic mass is 9.94. The summed E-state index contributed by atoms with van der Waals surface area (Å²) in [5.74, 6) is -0.773. The molecule has 2 aliphatic heterocycles. The van der Waals surface area contributed by atoms with Crippen LogP contribution >= 0.6 is 11.3 Å². The van der Waals surface area contributed by atoms with Crippen molar-refractivity contribution in [2.45, 2.75) is 26.3 Å². The number of benzene rings is 2. The van der Waals surface area contributed by atoms with E-state index in [1.165, 1.54) is 16.2 Å². The maximum absolute atomic E-state index is 13.2. The van der Waals surface area contributed by atoms with Crippen molar-refractivity contribution in [1.82, 2.24) is 10.2 Å². The average molecular weight is 464 g/mol. The fourth-order valence-corrected chi connectivity index (χ4v) is 4.72. The first-order valence-electron chi connectivity index (χ1n) is 10.6. The molecule has 9 heteroatoms. The van der Waals surface area contributed by atoms with E-state index in [1.54, 1.807) is 25.1 Å². The number of ether oxygens (including phenoxy) is 2. The number of rotatable bonds is 4. The van der Waals surface area contributed by atoms with Crippen LogP contribution in [0.3, 0.4) is 0 Å². The molecule has 5 rings (SSSR count). The van der Waals surface area contributed by atoms with Gasteiger partial charge in [0.05, 0.1) is 11.6 Å². The van der Waals surface area contributed by atoms with Crippen molar-refractivity contribution < 1.29 is 24.2 Å². The molecule has 1 aromatic heterocycles. The molecular formula is C24H21N3O5S. The summed E-state index contributed by atoms with van der Waals surface area (Å²) in [7, 11) is 0. The number of hydrogen-bond donors (Lipinski definition) is 1. The molecule has 0 spiro atoms. The highest BCUT2D eigenvalue weighted by atomic mass is 32.1. The largest absolute Gasteiger partial charge is 0.507 e. The van der Waals surface area contributed by atoms with E-state index in [9.17, 15) is 14.7 Å². The number of nitrogens with zero attached hydrogens (tertiary/aromatic N) is 3. The molecule has 33 heavy (non-hydrogen) atoms. The Balaban J connectivity index is 1.67. The maximum atomic E-state index is 13.2. The molecular weight excluding hydrogens is 442 g/mol. The second-order valence-electron chi connectivity index (χ2n) is 7.73. The second-order valence-corrected chi connectivity index (χ2v) is 8.89. The van der Waals surface area contributed by atoms with Gasteiger partial charge in [-0.15, -0.1) is 10.2 Å². The zero-order valence-electron chi connectivity index (χ0n) is 18.1. The summed E-state index contributed by atoms with van der Waals surface area (Å²) in [6.45, 7) is 4.66. The number of carbonyl (C=O) groups excluding carboxylic acids is 2. The van der Waals surface area contributed by atoms with Gasteiger partial charge in [-0.2, -0.15) is 0 Å². The van der Waals surface area contributed by atoms with Gasteiger partial charge in [0, 0.05) is 5.56 Å². The average Bonchev–Trinajstić information content (AvgIpc) is 3.38. The Bertz CT molecular complexity index is 1280. The third-order valence-electron chi connectivity index (χ3n) is 5.69. The molecule has 1 amide bonds. The Kier molecular flexibility index (Phi) is 5.33. The Morgan fingerprint density at radius 3 is 2.48 bits per heavy atom. The Hall–Kier alpha value is -3.72. The van der Waals surface area contributed by atoms with Crippen LogP contribution in [0.15, 0.2) is 48.0 Å². The van der Waals surface area contributed by atoms with Gasteiger partial charge in [0.2, 0.25) is 5.13 Å². The predicted octanol–water partition coefficient (Wildman–Crippen LogP) is 3.81. The van der Waals surface area contributed by atoms with Crippen molar-refractivity contribution >= 4 is 33.9 Å². The molecule has 168 valence electrons. The van der Waals surface area contributed by atoms with Crippen LogP contribution in [-0.4, -0.2) is 40.2 Å². The minimum Gasteiger partial charge on any atom is -0.507 e. The quantitative estimate of drug-likeness (QED) is 0.357. The van der Waals surface area contributed by atoms with E-state index >= 15 is 0 Å². The molecule has 8 nitrogen and oxygen atoms in total. The number of ketones is 1. The Labute approximate surface area is 194 Å². The lowest BCUT2D eigenvalue weighted by Crippen LogP contribution is -2.29. The molecule has 0 radical (unpaired) electrons. The van der Waals surface area contributed by atoms with Crippen molar-refractivity contribution in [3.8, 4) is 11.5 Å². The van der Waals surface area contributed by atoms with Crippen LogP contribution in [-0.2, 0) is 16.0 Å². The molecule has 3 aromatic rings. The van der Waals surface area contributed by atoms with Crippen LogP contribution < -0.4 is 14.4 Å². The zero-order chi connectivity index (χ0) is 23.1. The van der Waals surface area contributed by atoms with E-state index in [0.29, 0.717) is 46.0 Å². The molecule has 2 aromatic carbocycles. The molecule has 2 aliphatic rings. The van der Waals surface area contributed by atoms with Crippen molar-refractivity contribution in [2.24, 2.45) is 0 Å². The summed E-state index contributed by atoms with van der Waals surface area (Å²) in [6, 6.07) is 11.7.